The lowest BCUT2D eigenvalue weighted by atomic mass is 9.96. The first-order valence-electron chi connectivity index (χ1n) is 10.5. The van der Waals surface area contributed by atoms with Gasteiger partial charge >= 0.3 is 5.90 Å². The summed E-state index contributed by atoms with van der Waals surface area (Å²) in [5, 5.41) is 0. The molecule has 6 heteroatoms. The summed E-state index contributed by atoms with van der Waals surface area (Å²) in [6.07, 6.45) is 0.0507. The average Bonchev–Trinajstić information content (AvgIpc) is 2.93. The topological polar surface area (TPSA) is 39.9 Å². The van der Waals surface area contributed by atoms with Gasteiger partial charge in [-0.15, -0.1) is 0 Å². The molecule has 0 radical (unpaired) electrons. The zero-order valence-electron chi connectivity index (χ0n) is 19.8. The lowest BCUT2D eigenvalue weighted by Gasteiger charge is -2.21. The maximum Gasteiger partial charge on any atom is 0.371 e. The van der Waals surface area contributed by atoms with Crippen molar-refractivity contribution in [1.29, 1.82) is 0 Å². The van der Waals surface area contributed by atoms with E-state index in [4.69, 9.17) is 18.9 Å². The Morgan fingerprint density at radius 1 is 0.935 bits per heavy atom. The highest BCUT2D eigenvalue weighted by atomic mass is 127. The number of methoxy groups -OCH3 is 1. The van der Waals surface area contributed by atoms with E-state index < -0.39 is 0 Å². The van der Waals surface area contributed by atoms with E-state index in [9.17, 15) is 0 Å². The van der Waals surface area contributed by atoms with Crippen molar-refractivity contribution in [2.45, 2.75) is 59.3 Å². The third-order valence-electron chi connectivity index (χ3n) is 5.19. The van der Waals surface area contributed by atoms with Crippen LogP contribution < -0.4 is 38.2 Å². The Bertz CT molecular complexity index is 951. The molecule has 0 saturated carbocycles. The summed E-state index contributed by atoms with van der Waals surface area (Å²) >= 11 is 0. The van der Waals surface area contributed by atoms with Crippen molar-refractivity contribution in [3.8, 4) is 28.4 Å². The number of ether oxygens (including phenoxy) is 4. The summed E-state index contributed by atoms with van der Waals surface area (Å²) in [5.74, 6) is 3.09. The second-order valence-corrected chi connectivity index (χ2v) is 8.84. The number of para-hydroxylation sites is 1. The fraction of sp³-hybridized carbons (Fsp3) is 0.480. The van der Waals surface area contributed by atoms with Crippen LogP contribution in [0.1, 0.15) is 47.1 Å². The van der Waals surface area contributed by atoms with Gasteiger partial charge in [0.05, 0.1) is 19.3 Å². The number of rotatable bonds is 7. The number of hydrogen-bond donors (Lipinski definition) is 0. The van der Waals surface area contributed by atoms with Crippen molar-refractivity contribution in [3.63, 3.8) is 0 Å². The van der Waals surface area contributed by atoms with E-state index in [-0.39, 0.29) is 41.7 Å². The van der Waals surface area contributed by atoms with Crippen molar-refractivity contribution in [1.82, 2.24) is 0 Å². The van der Waals surface area contributed by atoms with E-state index in [1.165, 1.54) is 0 Å². The molecule has 170 valence electrons. The highest BCUT2D eigenvalue weighted by Gasteiger charge is 2.42. The lowest BCUT2D eigenvalue weighted by molar-refractivity contribution is -0.562. The maximum atomic E-state index is 6.29. The molecule has 3 rings (SSSR count). The van der Waals surface area contributed by atoms with Crippen LogP contribution in [0.4, 0.5) is 0 Å². The number of benzene rings is 2. The lowest BCUT2D eigenvalue weighted by Crippen LogP contribution is -3.00. The molecule has 0 bridgehead atoms. The Balaban J connectivity index is 0.00000341. The van der Waals surface area contributed by atoms with Gasteiger partial charge in [-0.2, -0.15) is 4.58 Å². The molecule has 1 aliphatic rings. The van der Waals surface area contributed by atoms with Crippen LogP contribution in [0.25, 0.3) is 11.1 Å². The van der Waals surface area contributed by atoms with Crippen LogP contribution in [0.3, 0.4) is 0 Å². The Hall–Kier alpha value is -1.96. The molecule has 0 fully saturated rings. The molecule has 0 spiro atoms. The van der Waals surface area contributed by atoms with Crippen molar-refractivity contribution in [2.24, 2.45) is 0 Å². The van der Waals surface area contributed by atoms with E-state index in [1.807, 2.05) is 58.0 Å². The van der Waals surface area contributed by atoms with Gasteiger partial charge in [0.2, 0.25) is 0 Å². The van der Waals surface area contributed by atoms with E-state index in [2.05, 4.69) is 31.5 Å². The summed E-state index contributed by atoms with van der Waals surface area (Å²) in [5.41, 5.74) is 2.72. The van der Waals surface area contributed by atoms with Crippen LogP contribution in [0.5, 0.6) is 17.2 Å². The number of likely N-dealkylation sites (N-methyl/N-ethyl adjacent to an activating group) is 1. The third-order valence-corrected chi connectivity index (χ3v) is 5.19. The molecule has 0 aliphatic carbocycles. The smallest absolute Gasteiger partial charge is 0.371 e. The fourth-order valence-corrected chi connectivity index (χ4v) is 3.55. The van der Waals surface area contributed by atoms with Gasteiger partial charge in [-0.25, -0.2) is 0 Å². The number of hydrogen-bond acceptors (Lipinski definition) is 4. The highest BCUT2D eigenvalue weighted by Crippen LogP contribution is 2.43. The van der Waals surface area contributed by atoms with Crippen LogP contribution in [-0.4, -0.2) is 49.0 Å². The van der Waals surface area contributed by atoms with Crippen molar-refractivity contribution < 1.29 is 47.5 Å². The predicted molar refractivity (Wildman–Crippen MR) is 120 cm³/mol. The molecule has 2 aromatic carbocycles. The number of halogens is 1. The van der Waals surface area contributed by atoms with Gasteiger partial charge in [0.15, 0.2) is 12.1 Å². The summed E-state index contributed by atoms with van der Waals surface area (Å²) in [4.78, 5) is 0. The molecule has 1 heterocycles. The third kappa shape index (κ3) is 5.45. The van der Waals surface area contributed by atoms with Gasteiger partial charge in [-0.1, -0.05) is 18.2 Å². The first-order valence-corrected chi connectivity index (χ1v) is 10.5. The molecule has 0 unspecified atom stereocenters. The molecular formula is C25H34INO4. The molecule has 5 nitrogen and oxygen atoms in total. The van der Waals surface area contributed by atoms with Crippen LogP contribution in [0.2, 0.25) is 0 Å². The number of nitrogens with zero attached hydrogens (tertiary/aromatic N) is 1. The monoisotopic (exact) mass is 539 g/mol. The molecule has 0 aromatic heterocycles. The molecule has 2 aromatic rings. The second kappa shape index (κ2) is 10.1. The molecule has 0 saturated heterocycles. The van der Waals surface area contributed by atoms with Crippen LogP contribution >= 0.6 is 0 Å². The zero-order valence-corrected chi connectivity index (χ0v) is 21.9. The van der Waals surface area contributed by atoms with Gasteiger partial charge in [0.25, 0.3) is 0 Å². The summed E-state index contributed by atoms with van der Waals surface area (Å²) in [6.45, 7) is 13.0. The summed E-state index contributed by atoms with van der Waals surface area (Å²) in [6, 6.07) is 12.0. The van der Waals surface area contributed by atoms with E-state index >= 15 is 0 Å². The summed E-state index contributed by atoms with van der Waals surface area (Å²) < 4.78 is 26.4. The second-order valence-electron chi connectivity index (χ2n) is 8.84. The van der Waals surface area contributed by atoms with Gasteiger partial charge in [0.1, 0.15) is 29.9 Å². The van der Waals surface area contributed by atoms with Gasteiger partial charge in [0, 0.05) is 31.0 Å². The SMILES string of the molecule is COc1ccccc1-c1c(OC(C)C)cc(OC(C)C)cc1C1=[N+](C)C(C)(C)CO1.[I-]. The van der Waals surface area contributed by atoms with Gasteiger partial charge < -0.3 is 42.9 Å². The molecule has 0 amide bonds. The minimum absolute atomic E-state index is 0. The standard InChI is InChI=1S/C25H34NO4.HI/c1-16(2)29-18-13-20(24-26(7)25(5,6)15-28-24)23(22(14-18)30-17(3)4)19-11-9-10-12-21(19)27-8;/h9-14,16-17H,15H2,1-8H3;1H/q+1;/p-1. The minimum Gasteiger partial charge on any atom is -1.00 e. The fourth-order valence-electron chi connectivity index (χ4n) is 3.55. The van der Waals surface area contributed by atoms with E-state index in [0.29, 0.717) is 6.61 Å². The Labute approximate surface area is 203 Å². The zero-order chi connectivity index (χ0) is 22.1. The maximum absolute atomic E-state index is 6.29. The van der Waals surface area contributed by atoms with Crippen LogP contribution in [0.15, 0.2) is 36.4 Å². The first kappa shape index (κ1) is 25.3. The van der Waals surface area contributed by atoms with Gasteiger partial charge in [-0.3, -0.25) is 0 Å². The van der Waals surface area contributed by atoms with E-state index in [1.54, 1.807) is 7.11 Å². The summed E-state index contributed by atoms with van der Waals surface area (Å²) in [7, 11) is 3.75. The normalized spacial score (nSPS) is 15.0. The molecule has 31 heavy (non-hydrogen) atoms. The van der Waals surface area contributed by atoms with Crippen molar-refractivity contribution in [3.05, 3.63) is 42.0 Å². The largest absolute Gasteiger partial charge is 1.00 e. The van der Waals surface area contributed by atoms with Crippen LogP contribution in [-0.2, 0) is 4.74 Å². The van der Waals surface area contributed by atoms with E-state index in [0.717, 1.165) is 39.8 Å². The highest BCUT2D eigenvalue weighted by molar-refractivity contribution is 6.01. The molecule has 0 N–H and O–H groups in total. The van der Waals surface area contributed by atoms with Crippen molar-refractivity contribution >= 4 is 5.90 Å². The van der Waals surface area contributed by atoms with Gasteiger partial charge in [-0.05, 0) is 39.8 Å². The minimum atomic E-state index is -0.110. The quantitative estimate of drug-likeness (QED) is 0.400. The predicted octanol–water partition coefficient (Wildman–Crippen LogP) is 2.14. The average molecular weight is 539 g/mol. The Kier molecular flexibility index (Phi) is 8.25. The molecular weight excluding hydrogens is 505 g/mol. The van der Waals surface area contributed by atoms with Crippen LogP contribution in [0, 0.1) is 0 Å². The first-order chi connectivity index (χ1) is 14.1. The Morgan fingerprint density at radius 2 is 1.58 bits per heavy atom. The molecule has 0 atom stereocenters. The molecule has 1 aliphatic heterocycles. The Morgan fingerprint density at radius 3 is 2.13 bits per heavy atom. The van der Waals surface area contributed by atoms with Crippen molar-refractivity contribution in [2.75, 3.05) is 20.8 Å².